The molecular formula is C33H43N3O6. The van der Waals surface area contributed by atoms with Crippen molar-refractivity contribution in [3.05, 3.63) is 65.7 Å². The Balaban J connectivity index is 1.46. The molecule has 0 spiro atoms. The minimum absolute atomic E-state index is 0.0259. The Kier molecular flexibility index (Phi) is 10.9. The third-order valence-corrected chi connectivity index (χ3v) is 8.30. The Labute approximate surface area is 248 Å². The van der Waals surface area contributed by atoms with Crippen molar-refractivity contribution < 1.29 is 28.7 Å². The first-order valence-electron chi connectivity index (χ1n) is 14.8. The predicted octanol–water partition coefficient (Wildman–Crippen LogP) is 2.75. The molecule has 4 rings (SSSR count). The summed E-state index contributed by atoms with van der Waals surface area (Å²) in [7, 11) is 1.59. The molecule has 2 amide bonds. The smallest absolute Gasteiger partial charge is 0.234 e. The molecule has 3 atom stereocenters. The van der Waals surface area contributed by atoms with Crippen LogP contribution >= 0.6 is 0 Å². The molecule has 2 aliphatic rings. The zero-order valence-corrected chi connectivity index (χ0v) is 24.9. The molecule has 1 saturated heterocycles. The van der Waals surface area contributed by atoms with Gasteiger partial charge in [-0.3, -0.25) is 24.1 Å². The number of amides is 2. The molecular weight excluding hydrogens is 534 g/mol. The highest BCUT2D eigenvalue weighted by molar-refractivity contribution is 5.97. The fourth-order valence-electron chi connectivity index (χ4n) is 5.26. The standard InChI is InChI=1S/C33H43N3O6/c1-23(34-30(38)22-36-15-17-42-18-16-36)29(37)21-26(19-25-9-11-27(41-3)12-10-25)32(40)35-28(31(39)33(2)13-14-33)20-24-7-5-4-6-8-24/h4-12,23,26,28H,13-22H2,1-3H3,(H,34,38)(H,35,40)/t23-,26+,28-/m0/s1. The van der Waals surface area contributed by atoms with E-state index >= 15 is 0 Å². The molecule has 1 heterocycles. The topological polar surface area (TPSA) is 114 Å². The first-order valence-corrected chi connectivity index (χ1v) is 14.8. The van der Waals surface area contributed by atoms with Gasteiger partial charge in [0.2, 0.25) is 11.8 Å². The molecule has 0 bridgehead atoms. The van der Waals surface area contributed by atoms with Crippen molar-refractivity contribution in [2.75, 3.05) is 40.0 Å². The maximum Gasteiger partial charge on any atom is 0.234 e. The summed E-state index contributed by atoms with van der Waals surface area (Å²) in [5, 5.41) is 5.82. The van der Waals surface area contributed by atoms with E-state index in [0.29, 0.717) is 44.9 Å². The van der Waals surface area contributed by atoms with Gasteiger partial charge in [-0.25, -0.2) is 0 Å². The molecule has 1 aliphatic heterocycles. The number of hydrogen-bond acceptors (Lipinski definition) is 7. The van der Waals surface area contributed by atoms with Gasteiger partial charge in [0.15, 0.2) is 11.6 Å². The second-order valence-electron chi connectivity index (χ2n) is 11.8. The second kappa shape index (κ2) is 14.6. The number of nitrogens with one attached hydrogen (secondary N) is 2. The molecule has 1 saturated carbocycles. The van der Waals surface area contributed by atoms with Gasteiger partial charge in [0, 0.05) is 30.8 Å². The number of ether oxygens (including phenoxy) is 2. The average molecular weight is 578 g/mol. The molecule has 2 fully saturated rings. The summed E-state index contributed by atoms with van der Waals surface area (Å²) >= 11 is 0. The summed E-state index contributed by atoms with van der Waals surface area (Å²) < 4.78 is 10.6. The lowest BCUT2D eigenvalue weighted by Crippen LogP contribution is -2.49. The van der Waals surface area contributed by atoms with Gasteiger partial charge in [-0.1, -0.05) is 49.4 Å². The van der Waals surface area contributed by atoms with Crippen molar-refractivity contribution in [3.63, 3.8) is 0 Å². The Bertz CT molecular complexity index is 1220. The molecule has 2 aromatic rings. The van der Waals surface area contributed by atoms with Crippen molar-refractivity contribution in [1.82, 2.24) is 15.5 Å². The number of benzene rings is 2. The van der Waals surface area contributed by atoms with Crippen molar-refractivity contribution in [1.29, 1.82) is 0 Å². The van der Waals surface area contributed by atoms with Crippen LogP contribution < -0.4 is 15.4 Å². The molecule has 0 radical (unpaired) electrons. The maximum atomic E-state index is 13.8. The van der Waals surface area contributed by atoms with Crippen LogP contribution in [-0.2, 0) is 36.8 Å². The molecule has 0 aromatic heterocycles. The van der Waals surface area contributed by atoms with Gasteiger partial charge >= 0.3 is 0 Å². The Morgan fingerprint density at radius 1 is 0.929 bits per heavy atom. The maximum absolute atomic E-state index is 13.8. The number of methoxy groups -OCH3 is 1. The van der Waals surface area contributed by atoms with Crippen LogP contribution in [0.25, 0.3) is 0 Å². The fraction of sp³-hybridized carbons (Fsp3) is 0.515. The van der Waals surface area contributed by atoms with E-state index in [1.165, 1.54) is 0 Å². The van der Waals surface area contributed by atoms with Gasteiger partial charge in [0.25, 0.3) is 0 Å². The number of nitrogens with zero attached hydrogens (tertiary/aromatic N) is 1. The molecule has 2 N–H and O–H groups in total. The van der Waals surface area contributed by atoms with Crippen LogP contribution in [0.1, 0.15) is 44.2 Å². The van der Waals surface area contributed by atoms with Crippen LogP contribution in [0.15, 0.2) is 54.6 Å². The fourth-order valence-corrected chi connectivity index (χ4v) is 5.26. The van der Waals surface area contributed by atoms with E-state index < -0.39 is 23.4 Å². The SMILES string of the molecule is COc1ccc(C[C@H](CC(=O)[C@H](C)NC(=O)CN2CCOCC2)C(=O)N[C@@H](Cc2ccccc2)C(=O)C2(C)CC2)cc1. The van der Waals surface area contributed by atoms with Crippen LogP contribution in [-0.4, -0.2) is 80.3 Å². The number of morpholine rings is 1. The first kappa shape index (κ1) is 31.4. The summed E-state index contributed by atoms with van der Waals surface area (Å²) in [5.41, 5.74) is 1.40. The predicted molar refractivity (Wildman–Crippen MR) is 159 cm³/mol. The number of ketones is 2. The lowest BCUT2D eigenvalue weighted by atomic mass is 9.89. The van der Waals surface area contributed by atoms with Gasteiger partial charge in [0.05, 0.1) is 39.0 Å². The van der Waals surface area contributed by atoms with Crippen LogP contribution in [0, 0.1) is 11.3 Å². The molecule has 42 heavy (non-hydrogen) atoms. The Morgan fingerprint density at radius 3 is 2.19 bits per heavy atom. The Hall–Kier alpha value is -3.56. The van der Waals surface area contributed by atoms with Crippen LogP contribution in [0.2, 0.25) is 0 Å². The van der Waals surface area contributed by atoms with E-state index in [9.17, 15) is 19.2 Å². The molecule has 9 heteroatoms. The van der Waals surface area contributed by atoms with Crippen molar-refractivity contribution in [2.24, 2.45) is 11.3 Å². The zero-order chi connectivity index (χ0) is 30.1. The normalized spacial score (nSPS) is 18.3. The Morgan fingerprint density at radius 2 is 1.57 bits per heavy atom. The summed E-state index contributed by atoms with van der Waals surface area (Å²) in [6.45, 7) is 6.28. The summed E-state index contributed by atoms with van der Waals surface area (Å²) in [5.74, 6) is -0.817. The number of carbonyl (C=O) groups is 4. The van der Waals surface area contributed by atoms with Crippen molar-refractivity contribution >= 4 is 23.4 Å². The number of Topliss-reactive ketones (excluding diaryl/α,β-unsaturated/α-hetero) is 2. The molecule has 9 nitrogen and oxygen atoms in total. The molecule has 2 aromatic carbocycles. The van der Waals surface area contributed by atoms with Crippen LogP contribution in [0.5, 0.6) is 5.75 Å². The van der Waals surface area contributed by atoms with Gasteiger partial charge in [-0.05, 0) is 55.9 Å². The van der Waals surface area contributed by atoms with Crippen molar-refractivity contribution in [2.45, 2.75) is 58.0 Å². The molecule has 0 unspecified atom stereocenters. The molecule has 226 valence electrons. The second-order valence-corrected chi connectivity index (χ2v) is 11.8. The summed E-state index contributed by atoms with van der Waals surface area (Å²) in [4.78, 5) is 55.2. The summed E-state index contributed by atoms with van der Waals surface area (Å²) in [6, 6.07) is 15.6. The lowest BCUT2D eigenvalue weighted by molar-refractivity contribution is -0.134. The van der Waals surface area contributed by atoms with E-state index in [-0.39, 0.29) is 36.3 Å². The lowest BCUT2D eigenvalue weighted by Gasteiger charge is -2.27. The van der Waals surface area contributed by atoms with E-state index in [0.717, 1.165) is 24.0 Å². The third-order valence-electron chi connectivity index (χ3n) is 8.30. The van der Waals surface area contributed by atoms with Gasteiger partial charge in [-0.15, -0.1) is 0 Å². The van der Waals surface area contributed by atoms with E-state index in [1.807, 2.05) is 66.4 Å². The quantitative estimate of drug-likeness (QED) is 0.335. The van der Waals surface area contributed by atoms with E-state index in [1.54, 1.807) is 14.0 Å². The minimum atomic E-state index is -0.753. The monoisotopic (exact) mass is 577 g/mol. The van der Waals surface area contributed by atoms with Crippen LogP contribution in [0.4, 0.5) is 0 Å². The largest absolute Gasteiger partial charge is 0.497 e. The zero-order valence-electron chi connectivity index (χ0n) is 24.9. The highest BCUT2D eigenvalue weighted by Gasteiger charge is 2.48. The van der Waals surface area contributed by atoms with E-state index in [2.05, 4.69) is 10.6 Å². The average Bonchev–Trinajstić information content (AvgIpc) is 3.75. The third kappa shape index (κ3) is 8.97. The highest BCUT2D eigenvalue weighted by Crippen LogP contribution is 2.46. The highest BCUT2D eigenvalue weighted by atomic mass is 16.5. The van der Waals surface area contributed by atoms with Gasteiger partial charge < -0.3 is 20.1 Å². The molecule has 1 aliphatic carbocycles. The number of hydrogen-bond donors (Lipinski definition) is 2. The summed E-state index contributed by atoms with van der Waals surface area (Å²) in [6.07, 6.45) is 2.24. The minimum Gasteiger partial charge on any atom is -0.497 e. The van der Waals surface area contributed by atoms with Crippen molar-refractivity contribution in [3.8, 4) is 5.75 Å². The van der Waals surface area contributed by atoms with Crippen LogP contribution in [0.3, 0.4) is 0 Å². The number of carbonyl (C=O) groups excluding carboxylic acids is 4. The van der Waals surface area contributed by atoms with E-state index in [4.69, 9.17) is 9.47 Å². The van der Waals surface area contributed by atoms with Gasteiger partial charge in [0.1, 0.15) is 5.75 Å². The van der Waals surface area contributed by atoms with Gasteiger partial charge in [-0.2, -0.15) is 0 Å². The number of rotatable bonds is 15. The first-order chi connectivity index (χ1) is 20.2.